The minimum absolute atomic E-state index is 0.199. The average molecular weight is 439 g/mol. The fraction of sp³-hybridized carbons (Fsp3) is 0.633. The molecule has 0 atom stereocenters. The third-order valence-electron chi connectivity index (χ3n) is 6.51. The van der Waals surface area contributed by atoms with Crippen LogP contribution in [0.5, 0.6) is 0 Å². The molecule has 178 valence electrons. The summed E-state index contributed by atoms with van der Waals surface area (Å²) >= 11 is 0. The van der Waals surface area contributed by atoms with Gasteiger partial charge in [-0.25, -0.2) is 4.79 Å². The Kier molecular flexibility index (Phi) is 14.6. The molecule has 0 amide bonds. The maximum absolute atomic E-state index is 12.2. The van der Waals surface area contributed by atoms with Gasteiger partial charge in [-0.3, -0.25) is 0 Å². The molecule has 32 heavy (non-hydrogen) atoms. The molecule has 0 aliphatic heterocycles. The number of hydrogen-bond acceptors (Lipinski definition) is 2. The Bertz CT molecular complexity index is 644. The van der Waals surface area contributed by atoms with Gasteiger partial charge < -0.3 is 4.74 Å². The van der Waals surface area contributed by atoms with Crippen LogP contribution < -0.4 is 0 Å². The third-order valence-corrected chi connectivity index (χ3v) is 6.51. The molecule has 1 aliphatic rings. The second kappa shape index (κ2) is 17.7. The number of unbranched alkanes of at least 4 members (excludes halogenated alkanes) is 15. The van der Waals surface area contributed by atoms with E-state index in [1.807, 2.05) is 24.3 Å². The highest BCUT2D eigenvalue weighted by Gasteiger charge is 2.10. The molecule has 0 saturated heterocycles. The average Bonchev–Trinajstić information content (AvgIpc) is 3.36. The van der Waals surface area contributed by atoms with Gasteiger partial charge in [0.25, 0.3) is 0 Å². The number of allylic oxidation sites excluding steroid dienone is 4. The Morgan fingerprint density at radius 3 is 1.56 bits per heavy atom. The zero-order chi connectivity index (χ0) is 22.7. The van der Waals surface area contributed by atoms with Crippen molar-refractivity contribution < 1.29 is 9.53 Å². The van der Waals surface area contributed by atoms with E-state index in [0.717, 1.165) is 12.8 Å². The summed E-state index contributed by atoms with van der Waals surface area (Å²) in [4.78, 5) is 12.2. The summed E-state index contributed by atoms with van der Waals surface area (Å²) in [6, 6.07) is 7.81. The molecule has 2 rings (SSSR count). The van der Waals surface area contributed by atoms with E-state index in [1.165, 1.54) is 95.5 Å². The Balaban J connectivity index is 1.35. The molecule has 0 bridgehead atoms. The fourth-order valence-corrected chi connectivity index (χ4v) is 4.39. The van der Waals surface area contributed by atoms with Crippen molar-refractivity contribution in [3.05, 3.63) is 59.7 Å². The zero-order valence-electron chi connectivity index (χ0n) is 20.5. The number of ether oxygens (including phenoxy) is 1. The first-order valence-electron chi connectivity index (χ1n) is 13.4. The van der Waals surface area contributed by atoms with Crippen LogP contribution in [0.2, 0.25) is 0 Å². The van der Waals surface area contributed by atoms with Crippen LogP contribution in [0.4, 0.5) is 0 Å². The maximum atomic E-state index is 12.2. The Morgan fingerprint density at radius 1 is 0.656 bits per heavy atom. The lowest BCUT2D eigenvalue weighted by atomic mass is 10.00. The van der Waals surface area contributed by atoms with Crippen LogP contribution in [-0.4, -0.2) is 12.6 Å². The first kappa shape index (κ1) is 26.4. The van der Waals surface area contributed by atoms with Crippen molar-refractivity contribution >= 4 is 5.97 Å². The SMILES string of the molecule is CCCCCCCCCCCCCCCCCCOC(=O)c1ccc(C2C=CC=C2)cc1. The van der Waals surface area contributed by atoms with Crippen LogP contribution >= 0.6 is 0 Å². The summed E-state index contributed by atoms with van der Waals surface area (Å²) in [5.74, 6) is 0.139. The highest BCUT2D eigenvalue weighted by Crippen LogP contribution is 2.23. The van der Waals surface area contributed by atoms with Crippen LogP contribution in [0.15, 0.2) is 48.6 Å². The van der Waals surface area contributed by atoms with E-state index in [1.54, 1.807) is 0 Å². The summed E-state index contributed by atoms with van der Waals surface area (Å²) in [5.41, 5.74) is 1.86. The van der Waals surface area contributed by atoms with Gasteiger partial charge in [-0.2, -0.15) is 0 Å². The smallest absolute Gasteiger partial charge is 0.338 e. The number of carbonyl (C=O) groups is 1. The molecule has 0 heterocycles. The normalized spacial score (nSPS) is 13.2. The van der Waals surface area contributed by atoms with Crippen molar-refractivity contribution in [2.24, 2.45) is 0 Å². The van der Waals surface area contributed by atoms with E-state index >= 15 is 0 Å². The van der Waals surface area contributed by atoms with Gasteiger partial charge in [0.15, 0.2) is 0 Å². The van der Waals surface area contributed by atoms with E-state index in [-0.39, 0.29) is 5.97 Å². The molecule has 1 aromatic carbocycles. The first-order chi connectivity index (χ1) is 15.8. The van der Waals surface area contributed by atoms with E-state index in [9.17, 15) is 4.79 Å². The lowest BCUT2D eigenvalue weighted by Gasteiger charge is -2.08. The number of esters is 1. The molecule has 0 fully saturated rings. The van der Waals surface area contributed by atoms with Crippen molar-refractivity contribution in [3.8, 4) is 0 Å². The van der Waals surface area contributed by atoms with Gasteiger partial charge in [0, 0.05) is 5.92 Å². The number of rotatable bonds is 19. The first-order valence-corrected chi connectivity index (χ1v) is 13.4. The Morgan fingerprint density at radius 2 is 1.09 bits per heavy atom. The predicted molar refractivity (Wildman–Crippen MR) is 137 cm³/mol. The standard InChI is InChI=1S/C30H46O2/c1-2-3-4-5-6-7-8-9-10-11-12-13-14-15-16-19-26-32-30(31)29-24-22-28(23-25-29)27-20-17-18-21-27/h17-18,20-25,27H,2-16,19,26H2,1H3. The summed E-state index contributed by atoms with van der Waals surface area (Å²) in [6.07, 6.45) is 30.1. The second-order valence-corrected chi connectivity index (χ2v) is 9.36. The molecular formula is C30H46O2. The van der Waals surface area contributed by atoms with Gasteiger partial charge in [0.2, 0.25) is 0 Å². The van der Waals surface area contributed by atoms with Gasteiger partial charge in [-0.05, 0) is 24.1 Å². The van der Waals surface area contributed by atoms with Crippen LogP contribution in [-0.2, 0) is 4.74 Å². The molecule has 2 nitrogen and oxygen atoms in total. The van der Waals surface area contributed by atoms with Crippen LogP contribution in [0.1, 0.15) is 131 Å². The molecule has 0 aromatic heterocycles. The highest BCUT2D eigenvalue weighted by molar-refractivity contribution is 5.89. The van der Waals surface area contributed by atoms with Crippen molar-refractivity contribution in [3.63, 3.8) is 0 Å². The lowest BCUT2D eigenvalue weighted by Crippen LogP contribution is -2.06. The molecule has 2 heteroatoms. The molecule has 0 N–H and O–H groups in total. The summed E-state index contributed by atoms with van der Waals surface area (Å²) in [5, 5.41) is 0. The minimum atomic E-state index is -0.199. The van der Waals surface area contributed by atoms with Crippen molar-refractivity contribution in [1.82, 2.24) is 0 Å². The monoisotopic (exact) mass is 438 g/mol. The summed E-state index contributed by atoms with van der Waals surface area (Å²) < 4.78 is 5.45. The zero-order valence-corrected chi connectivity index (χ0v) is 20.5. The van der Waals surface area contributed by atoms with Gasteiger partial charge in [0.1, 0.15) is 0 Å². The summed E-state index contributed by atoms with van der Waals surface area (Å²) in [7, 11) is 0. The Labute approximate surface area is 197 Å². The van der Waals surface area contributed by atoms with Gasteiger partial charge >= 0.3 is 5.97 Å². The highest BCUT2D eigenvalue weighted by atomic mass is 16.5. The van der Waals surface area contributed by atoms with Crippen LogP contribution in [0.3, 0.4) is 0 Å². The lowest BCUT2D eigenvalue weighted by molar-refractivity contribution is 0.0497. The minimum Gasteiger partial charge on any atom is -0.462 e. The number of hydrogen-bond donors (Lipinski definition) is 0. The maximum Gasteiger partial charge on any atom is 0.338 e. The molecule has 0 spiro atoms. The van der Waals surface area contributed by atoms with Crippen LogP contribution in [0, 0.1) is 0 Å². The number of carbonyl (C=O) groups excluding carboxylic acids is 1. The van der Waals surface area contributed by atoms with Crippen LogP contribution in [0.25, 0.3) is 0 Å². The van der Waals surface area contributed by atoms with E-state index in [2.05, 4.69) is 31.2 Å². The predicted octanol–water partition coefficient (Wildman–Crippen LogP) is 9.31. The quantitative estimate of drug-likeness (QED) is 0.159. The molecule has 0 saturated carbocycles. The molecule has 1 aromatic rings. The van der Waals surface area contributed by atoms with Gasteiger partial charge in [0.05, 0.1) is 12.2 Å². The molecule has 1 aliphatic carbocycles. The van der Waals surface area contributed by atoms with Crippen molar-refractivity contribution in [2.45, 2.75) is 116 Å². The van der Waals surface area contributed by atoms with Gasteiger partial charge in [-0.15, -0.1) is 0 Å². The molecule has 0 unspecified atom stereocenters. The van der Waals surface area contributed by atoms with E-state index in [4.69, 9.17) is 4.74 Å². The fourth-order valence-electron chi connectivity index (χ4n) is 4.39. The largest absolute Gasteiger partial charge is 0.462 e. The van der Waals surface area contributed by atoms with E-state index in [0.29, 0.717) is 18.1 Å². The third kappa shape index (κ3) is 11.7. The van der Waals surface area contributed by atoms with Crippen molar-refractivity contribution in [2.75, 3.05) is 6.61 Å². The molecular weight excluding hydrogens is 392 g/mol. The topological polar surface area (TPSA) is 26.3 Å². The number of benzene rings is 1. The van der Waals surface area contributed by atoms with Gasteiger partial charge in [-0.1, -0.05) is 140 Å². The second-order valence-electron chi connectivity index (χ2n) is 9.36. The van der Waals surface area contributed by atoms with E-state index < -0.39 is 0 Å². The van der Waals surface area contributed by atoms with Crippen molar-refractivity contribution in [1.29, 1.82) is 0 Å². The molecule has 0 radical (unpaired) electrons. The summed E-state index contributed by atoms with van der Waals surface area (Å²) in [6.45, 7) is 2.82. The Hall–Kier alpha value is -1.83.